The molecular formula is C18H19N3O3S. The highest BCUT2D eigenvalue weighted by Gasteiger charge is 2.14. The van der Waals surface area contributed by atoms with Crippen molar-refractivity contribution in [3.63, 3.8) is 0 Å². The zero-order valence-electron chi connectivity index (χ0n) is 14.0. The molecule has 0 bridgehead atoms. The number of rotatable bonds is 6. The second-order valence-electron chi connectivity index (χ2n) is 5.81. The number of amides is 1. The fourth-order valence-electron chi connectivity index (χ4n) is 2.04. The monoisotopic (exact) mass is 357 g/mol. The van der Waals surface area contributed by atoms with Crippen molar-refractivity contribution < 1.29 is 13.2 Å². The SMILES string of the molecule is CC(C)C(=O)Nc1cccc(CNS(=O)(=O)c2cccc(C#N)c2)c1. The van der Waals surface area contributed by atoms with Gasteiger partial charge in [0.15, 0.2) is 0 Å². The predicted octanol–water partition coefficient (Wildman–Crippen LogP) is 2.63. The third-order valence-corrected chi connectivity index (χ3v) is 4.86. The number of benzene rings is 2. The molecule has 2 aromatic carbocycles. The first kappa shape index (κ1) is 18.6. The fourth-order valence-corrected chi connectivity index (χ4v) is 3.10. The minimum atomic E-state index is -3.73. The maximum Gasteiger partial charge on any atom is 0.240 e. The molecule has 0 unspecified atom stereocenters. The van der Waals surface area contributed by atoms with Crippen molar-refractivity contribution in [2.24, 2.45) is 5.92 Å². The summed E-state index contributed by atoms with van der Waals surface area (Å²) in [6.45, 7) is 3.66. The summed E-state index contributed by atoms with van der Waals surface area (Å²) in [4.78, 5) is 11.8. The Hall–Kier alpha value is -2.69. The van der Waals surface area contributed by atoms with Crippen molar-refractivity contribution in [3.05, 3.63) is 59.7 Å². The summed E-state index contributed by atoms with van der Waals surface area (Å²) in [5.41, 5.74) is 1.60. The third-order valence-electron chi connectivity index (χ3n) is 3.46. The molecule has 130 valence electrons. The molecule has 0 heterocycles. The molecule has 0 saturated carbocycles. The van der Waals surface area contributed by atoms with Crippen LogP contribution in [0.2, 0.25) is 0 Å². The van der Waals surface area contributed by atoms with Crippen molar-refractivity contribution in [2.75, 3.05) is 5.32 Å². The molecule has 0 aliphatic heterocycles. The van der Waals surface area contributed by atoms with E-state index in [-0.39, 0.29) is 28.8 Å². The van der Waals surface area contributed by atoms with Crippen LogP contribution in [0.1, 0.15) is 25.0 Å². The predicted molar refractivity (Wildman–Crippen MR) is 95.1 cm³/mol. The maximum atomic E-state index is 12.3. The van der Waals surface area contributed by atoms with E-state index in [2.05, 4.69) is 10.0 Å². The van der Waals surface area contributed by atoms with Crippen LogP contribution in [-0.2, 0) is 21.4 Å². The molecular weight excluding hydrogens is 338 g/mol. The lowest BCUT2D eigenvalue weighted by molar-refractivity contribution is -0.118. The summed E-state index contributed by atoms with van der Waals surface area (Å²) in [5, 5.41) is 11.7. The molecule has 1 amide bonds. The number of nitriles is 1. The van der Waals surface area contributed by atoms with Crippen molar-refractivity contribution in [1.29, 1.82) is 5.26 Å². The van der Waals surface area contributed by atoms with Crippen LogP contribution in [0.25, 0.3) is 0 Å². The third kappa shape index (κ3) is 5.14. The molecule has 0 aliphatic carbocycles. The van der Waals surface area contributed by atoms with Gasteiger partial charge in [-0.05, 0) is 35.9 Å². The number of nitrogens with zero attached hydrogens (tertiary/aromatic N) is 1. The summed E-state index contributed by atoms with van der Waals surface area (Å²) >= 11 is 0. The van der Waals surface area contributed by atoms with Gasteiger partial charge in [-0.25, -0.2) is 13.1 Å². The summed E-state index contributed by atoms with van der Waals surface area (Å²) in [5.74, 6) is -0.249. The Morgan fingerprint density at radius 3 is 2.56 bits per heavy atom. The van der Waals surface area contributed by atoms with Crippen LogP contribution in [-0.4, -0.2) is 14.3 Å². The van der Waals surface area contributed by atoms with Crippen LogP contribution in [0, 0.1) is 17.2 Å². The van der Waals surface area contributed by atoms with E-state index in [1.165, 1.54) is 18.2 Å². The van der Waals surface area contributed by atoms with E-state index in [0.717, 1.165) is 0 Å². The van der Waals surface area contributed by atoms with E-state index < -0.39 is 10.0 Å². The van der Waals surface area contributed by atoms with Gasteiger partial charge in [0.05, 0.1) is 16.5 Å². The van der Waals surface area contributed by atoms with Crippen LogP contribution < -0.4 is 10.0 Å². The average Bonchev–Trinajstić information content (AvgIpc) is 2.60. The first-order valence-electron chi connectivity index (χ1n) is 7.71. The van der Waals surface area contributed by atoms with Gasteiger partial charge in [-0.3, -0.25) is 4.79 Å². The topological polar surface area (TPSA) is 99.1 Å². The molecule has 0 fully saturated rings. The van der Waals surface area contributed by atoms with Crippen LogP contribution in [0.4, 0.5) is 5.69 Å². The Balaban J connectivity index is 2.10. The lowest BCUT2D eigenvalue weighted by Crippen LogP contribution is -2.23. The zero-order valence-corrected chi connectivity index (χ0v) is 14.8. The molecule has 0 aromatic heterocycles. The van der Waals surface area contributed by atoms with Crippen molar-refractivity contribution in [1.82, 2.24) is 4.72 Å². The highest BCUT2D eigenvalue weighted by Crippen LogP contribution is 2.14. The lowest BCUT2D eigenvalue weighted by Gasteiger charge is -2.10. The number of hydrogen-bond donors (Lipinski definition) is 2. The number of carbonyl (C=O) groups is 1. The molecule has 0 atom stereocenters. The highest BCUT2D eigenvalue weighted by molar-refractivity contribution is 7.89. The Labute approximate surface area is 147 Å². The molecule has 0 saturated heterocycles. The minimum absolute atomic E-state index is 0.0378. The number of nitrogens with one attached hydrogen (secondary N) is 2. The normalized spacial score (nSPS) is 11.1. The van der Waals surface area contributed by atoms with E-state index in [1.54, 1.807) is 44.2 Å². The van der Waals surface area contributed by atoms with E-state index in [0.29, 0.717) is 11.3 Å². The molecule has 25 heavy (non-hydrogen) atoms. The van der Waals surface area contributed by atoms with Gasteiger partial charge < -0.3 is 5.32 Å². The fraction of sp³-hybridized carbons (Fsp3) is 0.222. The molecule has 2 aromatic rings. The molecule has 2 rings (SSSR count). The van der Waals surface area contributed by atoms with Crippen LogP contribution in [0.3, 0.4) is 0 Å². The number of hydrogen-bond acceptors (Lipinski definition) is 4. The first-order valence-corrected chi connectivity index (χ1v) is 9.20. The zero-order chi connectivity index (χ0) is 18.4. The molecule has 7 heteroatoms. The summed E-state index contributed by atoms with van der Waals surface area (Å²) in [6, 6.07) is 14.7. The van der Waals surface area contributed by atoms with Gasteiger partial charge >= 0.3 is 0 Å². The average molecular weight is 357 g/mol. The first-order chi connectivity index (χ1) is 11.8. The summed E-state index contributed by atoms with van der Waals surface area (Å²) in [6.07, 6.45) is 0. The van der Waals surface area contributed by atoms with Gasteiger partial charge in [0.25, 0.3) is 0 Å². The Kier molecular flexibility index (Phi) is 5.91. The summed E-state index contributed by atoms with van der Waals surface area (Å²) in [7, 11) is -3.73. The second-order valence-corrected chi connectivity index (χ2v) is 7.58. The smallest absolute Gasteiger partial charge is 0.240 e. The van der Waals surface area contributed by atoms with Crippen molar-refractivity contribution in [3.8, 4) is 6.07 Å². The highest BCUT2D eigenvalue weighted by atomic mass is 32.2. The van der Waals surface area contributed by atoms with Gasteiger partial charge in [0, 0.05) is 18.2 Å². The largest absolute Gasteiger partial charge is 0.326 e. The van der Waals surface area contributed by atoms with Crippen molar-refractivity contribution in [2.45, 2.75) is 25.3 Å². The van der Waals surface area contributed by atoms with E-state index >= 15 is 0 Å². The van der Waals surface area contributed by atoms with Gasteiger partial charge in [0.2, 0.25) is 15.9 Å². The van der Waals surface area contributed by atoms with Gasteiger partial charge in [0.1, 0.15) is 0 Å². The second kappa shape index (κ2) is 7.92. The van der Waals surface area contributed by atoms with E-state index in [1.807, 2.05) is 6.07 Å². The number of sulfonamides is 1. The molecule has 6 nitrogen and oxygen atoms in total. The molecule has 0 radical (unpaired) electrons. The number of carbonyl (C=O) groups excluding carboxylic acids is 1. The van der Waals surface area contributed by atoms with Gasteiger partial charge in [-0.2, -0.15) is 5.26 Å². The molecule has 0 spiro atoms. The Bertz CT molecular complexity index is 915. The summed E-state index contributed by atoms with van der Waals surface area (Å²) < 4.78 is 27.2. The Morgan fingerprint density at radius 1 is 1.16 bits per heavy atom. The number of anilines is 1. The Morgan fingerprint density at radius 2 is 1.88 bits per heavy atom. The van der Waals surface area contributed by atoms with Gasteiger partial charge in [-0.1, -0.05) is 32.0 Å². The van der Waals surface area contributed by atoms with E-state index in [9.17, 15) is 13.2 Å². The quantitative estimate of drug-likeness (QED) is 0.830. The standard InChI is InChI=1S/C18H19N3O3S/c1-13(2)18(22)21-16-7-3-6-15(9-16)12-20-25(23,24)17-8-4-5-14(10-17)11-19/h3-10,13,20H,12H2,1-2H3,(H,21,22). The van der Waals surface area contributed by atoms with Crippen LogP contribution >= 0.6 is 0 Å². The van der Waals surface area contributed by atoms with Gasteiger partial charge in [-0.15, -0.1) is 0 Å². The molecule has 0 aliphatic rings. The van der Waals surface area contributed by atoms with Crippen LogP contribution in [0.5, 0.6) is 0 Å². The molecule has 2 N–H and O–H groups in total. The maximum absolute atomic E-state index is 12.3. The van der Waals surface area contributed by atoms with Crippen LogP contribution in [0.15, 0.2) is 53.4 Å². The lowest BCUT2D eigenvalue weighted by atomic mass is 10.1. The van der Waals surface area contributed by atoms with E-state index in [4.69, 9.17) is 5.26 Å². The van der Waals surface area contributed by atoms with Crippen molar-refractivity contribution >= 4 is 21.6 Å². The minimum Gasteiger partial charge on any atom is -0.326 e.